The average Bonchev–Trinajstić information content (AvgIpc) is 2.65. The molecule has 0 N–H and O–H groups in total. The number of hydrogen-bond donors (Lipinski definition) is 0. The van der Waals surface area contributed by atoms with Crippen LogP contribution in [-0.2, 0) is 0 Å². The van der Waals surface area contributed by atoms with Crippen LogP contribution in [0.1, 0.15) is 76.4 Å². The fourth-order valence-corrected chi connectivity index (χ4v) is 2.88. The maximum absolute atomic E-state index is 12.7. The van der Waals surface area contributed by atoms with E-state index in [1.807, 2.05) is 72.7 Å². The summed E-state index contributed by atoms with van der Waals surface area (Å²) in [6, 6.07) is 11.1. The zero-order chi connectivity index (χ0) is 23.2. The summed E-state index contributed by atoms with van der Waals surface area (Å²) in [4.78, 5) is 12.7. The number of benzene rings is 2. The summed E-state index contributed by atoms with van der Waals surface area (Å²) in [5, 5.41) is 0. The first-order chi connectivity index (χ1) is 14.4. The number of carbonyl (C=O) groups is 1. The Bertz CT molecular complexity index is 910. The van der Waals surface area contributed by atoms with Gasteiger partial charge < -0.3 is 14.2 Å². The second kappa shape index (κ2) is 10.0. The van der Waals surface area contributed by atoms with Crippen molar-refractivity contribution in [1.29, 1.82) is 0 Å². The minimum absolute atomic E-state index is 0.0728. The molecule has 168 valence electrons. The van der Waals surface area contributed by atoms with E-state index in [0.717, 1.165) is 29.0 Å². The highest BCUT2D eigenvalue weighted by Crippen LogP contribution is 2.34. The molecule has 2 aromatic carbocycles. The third-order valence-electron chi connectivity index (χ3n) is 4.17. The van der Waals surface area contributed by atoms with E-state index in [1.54, 1.807) is 24.3 Å². The van der Waals surface area contributed by atoms with Crippen LogP contribution < -0.4 is 14.2 Å². The van der Waals surface area contributed by atoms with Crippen molar-refractivity contribution in [2.75, 3.05) is 6.61 Å². The normalized spacial score (nSPS) is 12.1. The number of ether oxygens (including phenoxy) is 3. The third-order valence-corrected chi connectivity index (χ3v) is 4.17. The van der Waals surface area contributed by atoms with E-state index in [2.05, 4.69) is 6.92 Å². The van der Waals surface area contributed by atoms with Gasteiger partial charge in [0.25, 0.3) is 0 Å². The number of hydrogen-bond acceptors (Lipinski definition) is 4. The zero-order valence-corrected chi connectivity index (χ0v) is 20.2. The molecule has 0 heterocycles. The maximum atomic E-state index is 12.7. The Hall–Kier alpha value is -2.75. The van der Waals surface area contributed by atoms with Crippen molar-refractivity contribution in [3.05, 3.63) is 59.2 Å². The smallest absolute Gasteiger partial charge is 0.185 e. The van der Waals surface area contributed by atoms with Crippen molar-refractivity contribution in [3.8, 4) is 17.2 Å². The van der Waals surface area contributed by atoms with E-state index in [-0.39, 0.29) is 17.0 Å². The first-order valence-corrected chi connectivity index (χ1v) is 10.9. The number of aryl methyl sites for hydroxylation is 1. The molecule has 0 spiro atoms. The van der Waals surface area contributed by atoms with Crippen molar-refractivity contribution in [2.45, 2.75) is 73.0 Å². The largest absolute Gasteiger partial charge is 0.494 e. The third kappa shape index (κ3) is 8.12. The molecule has 4 nitrogen and oxygen atoms in total. The van der Waals surface area contributed by atoms with E-state index >= 15 is 0 Å². The Kier molecular flexibility index (Phi) is 7.94. The summed E-state index contributed by atoms with van der Waals surface area (Å²) in [6.07, 6.45) is 4.33. The molecule has 0 saturated heterocycles. The Morgan fingerprint density at radius 1 is 0.903 bits per heavy atom. The molecule has 0 unspecified atom stereocenters. The lowest BCUT2D eigenvalue weighted by atomic mass is 10.0. The molecule has 31 heavy (non-hydrogen) atoms. The van der Waals surface area contributed by atoms with Gasteiger partial charge in [0.2, 0.25) is 0 Å². The topological polar surface area (TPSA) is 44.8 Å². The van der Waals surface area contributed by atoms with Gasteiger partial charge in [-0.1, -0.05) is 6.92 Å². The molecule has 4 heteroatoms. The Morgan fingerprint density at radius 2 is 1.48 bits per heavy atom. The Balaban J connectivity index is 2.30. The van der Waals surface area contributed by atoms with Gasteiger partial charge in [-0.2, -0.15) is 0 Å². The second-order valence-electron chi connectivity index (χ2n) is 9.65. The molecule has 2 aromatic rings. The number of rotatable bonds is 8. The highest BCUT2D eigenvalue weighted by Gasteiger charge is 2.19. The van der Waals surface area contributed by atoms with Crippen LogP contribution in [0, 0.1) is 6.92 Å². The average molecular weight is 425 g/mol. The van der Waals surface area contributed by atoms with Crippen molar-refractivity contribution in [2.24, 2.45) is 0 Å². The van der Waals surface area contributed by atoms with Crippen LogP contribution in [0.2, 0.25) is 0 Å². The lowest BCUT2D eigenvalue weighted by Gasteiger charge is -2.26. The van der Waals surface area contributed by atoms with Gasteiger partial charge in [-0.3, -0.25) is 4.79 Å². The summed E-state index contributed by atoms with van der Waals surface area (Å²) in [5.41, 5.74) is 1.74. The van der Waals surface area contributed by atoms with Gasteiger partial charge in [-0.25, -0.2) is 0 Å². The van der Waals surface area contributed by atoms with E-state index in [0.29, 0.717) is 17.9 Å². The molecule has 0 aliphatic heterocycles. The van der Waals surface area contributed by atoms with Gasteiger partial charge in [-0.05, 0) is 103 Å². The predicted molar refractivity (Wildman–Crippen MR) is 128 cm³/mol. The minimum atomic E-state index is -0.380. The highest BCUT2D eigenvalue weighted by atomic mass is 16.5. The summed E-state index contributed by atoms with van der Waals surface area (Å²) in [7, 11) is 0. The first-order valence-electron chi connectivity index (χ1n) is 10.9. The lowest BCUT2D eigenvalue weighted by Crippen LogP contribution is -2.25. The maximum Gasteiger partial charge on any atom is 0.185 e. The molecule has 0 aliphatic carbocycles. The molecule has 0 atom stereocenters. The number of allylic oxidation sites excluding steroid dienone is 1. The molecule has 0 aliphatic rings. The van der Waals surface area contributed by atoms with Crippen molar-refractivity contribution >= 4 is 11.9 Å². The van der Waals surface area contributed by atoms with E-state index in [9.17, 15) is 4.79 Å². The van der Waals surface area contributed by atoms with E-state index in [1.165, 1.54) is 0 Å². The van der Waals surface area contributed by atoms with Gasteiger partial charge >= 0.3 is 0 Å². The molecular weight excluding hydrogens is 388 g/mol. The molecule has 0 amide bonds. The highest BCUT2D eigenvalue weighted by molar-refractivity contribution is 6.07. The summed E-state index contributed by atoms with van der Waals surface area (Å²) in [6.45, 7) is 16.8. The molecule has 0 bridgehead atoms. The van der Waals surface area contributed by atoms with Crippen LogP contribution in [0.5, 0.6) is 17.2 Å². The minimum Gasteiger partial charge on any atom is -0.494 e. The monoisotopic (exact) mass is 424 g/mol. The SMILES string of the molecule is CCCOc1ccc(C(=O)/C=C\c2cc(C)c(OC(C)(C)C)cc2OC(C)(C)C)cc1. The van der Waals surface area contributed by atoms with Crippen molar-refractivity contribution in [3.63, 3.8) is 0 Å². The van der Waals surface area contributed by atoms with Gasteiger partial charge in [0.05, 0.1) is 6.61 Å². The van der Waals surface area contributed by atoms with Gasteiger partial charge in [-0.15, -0.1) is 0 Å². The number of carbonyl (C=O) groups excluding carboxylic acids is 1. The predicted octanol–water partition coefficient (Wildman–Crippen LogP) is 7.03. The zero-order valence-electron chi connectivity index (χ0n) is 20.2. The molecular formula is C27H36O4. The molecule has 0 radical (unpaired) electrons. The van der Waals surface area contributed by atoms with Gasteiger partial charge in [0.15, 0.2) is 5.78 Å². The van der Waals surface area contributed by atoms with Crippen molar-refractivity contribution < 1.29 is 19.0 Å². The fraction of sp³-hybridized carbons (Fsp3) is 0.444. The van der Waals surface area contributed by atoms with E-state index < -0.39 is 0 Å². The quantitative estimate of drug-likeness (QED) is 0.337. The van der Waals surface area contributed by atoms with Crippen LogP contribution in [-0.4, -0.2) is 23.6 Å². The second-order valence-corrected chi connectivity index (χ2v) is 9.65. The van der Waals surface area contributed by atoms with Crippen LogP contribution in [0.4, 0.5) is 0 Å². The molecule has 2 rings (SSSR count). The summed E-state index contributed by atoms with van der Waals surface area (Å²) in [5.74, 6) is 2.16. The molecule has 0 fully saturated rings. The molecule has 0 aromatic heterocycles. The Morgan fingerprint density at radius 3 is 2.03 bits per heavy atom. The molecule has 0 saturated carbocycles. The fourth-order valence-electron chi connectivity index (χ4n) is 2.88. The van der Waals surface area contributed by atoms with Crippen molar-refractivity contribution in [1.82, 2.24) is 0 Å². The van der Waals surface area contributed by atoms with Crippen LogP contribution in [0.3, 0.4) is 0 Å². The Labute approximate surface area is 187 Å². The van der Waals surface area contributed by atoms with Crippen LogP contribution in [0.15, 0.2) is 42.5 Å². The first kappa shape index (κ1) is 24.5. The van der Waals surface area contributed by atoms with Gasteiger partial charge in [0, 0.05) is 17.2 Å². The number of ketones is 1. The van der Waals surface area contributed by atoms with Gasteiger partial charge in [0.1, 0.15) is 28.5 Å². The summed E-state index contributed by atoms with van der Waals surface area (Å²) < 4.78 is 17.9. The summed E-state index contributed by atoms with van der Waals surface area (Å²) >= 11 is 0. The lowest BCUT2D eigenvalue weighted by molar-refractivity contribution is 0.104. The van der Waals surface area contributed by atoms with E-state index in [4.69, 9.17) is 14.2 Å². The van der Waals surface area contributed by atoms with Crippen LogP contribution >= 0.6 is 0 Å². The standard InChI is InChI=1S/C27H36O4/c1-9-16-29-22-13-10-20(11-14-22)23(28)15-12-21-17-19(2)24(30-26(3,4)5)18-25(21)31-27(6,7)8/h10-15,17-18H,9,16H2,1-8H3/b15-12-. The van der Waals surface area contributed by atoms with Crippen LogP contribution in [0.25, 0.3) is 6.08 Å².